The van der Waals surface area contributed by atoms with Crippen molar-refractivity contribution >= 4 is 23.2 Å². The van der Waals surface area contributed by atoms with Crippen molar-refractivity contribution in [1.29, 1.82) is 0 Å². The number of hydrogen-bond acceptors (Lipinski definition) is 9. The van der Waals surface area contributed by atoms with Gasteiger partial charge in [0.15, 0.2) is 11.3 Å². The third kappa shape index (κ3) is 10.5. The Balaban J connectivity index is 0.000000162. The number of carbonyl (C=O) groups is 2. The molecule has 0 saturated heterocycles. The van der Waals surface area contributed by atoms with E-state index in [0.717, 1.165) is 73.4 Å². The van der Waals surface area contributed by atoms with Crippen molar-refractivity contribution in [3.05, 3.63) is 226 Å². The molecule has 1 fully saturated rings. The maximum atomic E-state index is 12.1. The van der Waals surface area contributed by atoms with Crippen LogP contribution < -0.4 is 9.47 Å². The largest absolute Gasteiger partial charge is 0.466 e. The molecule has 0 spiro atoms. The predicted octanol–water partition coefficient (Wildman–Crippen LogP) is 12.1. The summed E-state index contributed by atoms with van der Waals surface area (Å²) in [6.45, 7) is 6.78. The molecule has 5 heterocycles. The van der Waals surface area contributed by atoms with Crippen molar-refractivity contribution in [3.8, 4) is 34.3 Å². The lowest BCUT2D eigenvalue weighted by Gasteiger charge is -2.10. The van der Waals surface area contributed by atoms with Gasteiger partial charge in [0.05, 0.1) is 29.2 Å². The number of hydrogen-bond donors (Lipinski definition) is 0. The zero-order valence-electron chi connectivity index (χ0n) is 39.6. The first kappa shape index (κ1) is 45.3. The van der Waals surface area contributed by atoms with Crippen molar-refractivity contribution in [2.45, 2.75) is 72.1 Å². The van der Waals surface area contributed by atoms with Crippen LogP contribution in [0.4, 0.5) is 0 Å². The van der Waals surface area contributed by atoms with E-state index in [9.17, 15) is 9.59 Å². The minimum Gasteiger partial charge on any atom is -0.466 e. The fourth-order valence-corrected chi connectivity index (χ4v) is 8.76. The molecular weight excluding hydrogens is 873 g/mol. The standard InChI is InChI=1S/C31H27N3O2.C28H25N3O3/c1-21(35)36-31-28(19-23-12-14-24(15-13-23)25-16-17-25)33-30-27(18-22-8-4-2-5-9-22)32-29(20-34(30)31)26-10-6-3-7-11-26;1-18-8-7-11-22(14-18)26-17-31-27(24(29-26)15-21-9-5-4-6-10-21)30-25(28(31)34-20(3)32)16-23-13-12-19(2)33-23/h2-15,20,25H,16-19H2,1H3;4-14,17H,15-16H2,1-3H3. The van der Waals surface area contributed by atoms with Crippen LogP contribution in [0.15, 0.2) is 168 Å². The Labute approximate surface area is 406 Å². The van der Waals surface area contributed by atoms with Crippen LogP contribution in [0.2, 0.25) is 0 Å². The highest BCUT2D eigenvalue weighted by Gasteiger charge is 2.25. The summed E-state index contributed by atoms with van der Waals surface area (Å²) in [5, 5.41) is 0. The molecule has 348 valence electrons. The third-order valence-electron chi connectivity index (χ3n) is 12.2. The summed E-state index contributed by atoms with van der Waals surface area (Å²) in [7, 11) is 0. The van der Waals surface area contributed by atoms with Gasteiger partial charge in [-0.2, -0.15) is 0 Å². The van der Waals surface area contributed by atoms with Gasteiger partial charge in [-0.15, -0.1) is 0 Å². The van der Waals surface area contributed by atoms with E-state index in [4.69, 9.17) is 33.8 Å². The fraction of sp³-hybridized carbons (Fsp3) is 0.186. The predicted molar refractivity (Wildman–Crippen MR) is 270 cm³/mol. The molecule has 0 unspecified atom stereocenters. The SMILES string of the molecule is CC(=O)Oc1c(Cc2ccc(C)o2)nc2c(Cc3ccccc3)nc(-c3cccc(C)c3)cn12.CC(=O)Oc1c(Cc2ccc(C3CC3)cc2)nc2c(Cc3ccccc3)nc(-c3ccccc3)cn12. The zero-order valence-corrected chi connectivity index (χ0v) is 39.6. The van der Waals surface area contributed by atoms with Crippen molar-refractivity contribution in [1.82, 2.24) is 28.7 Å². The highest BCUT2D eigenvalue weighted by molar-refractivity contribution is 5.72. The number of ether oxygens (including phenoxy) is 2. The topological polar surface area (TPSA) is 126 Å². The summed E-state index contributed by atoms with van der Waals surface area (Å²) < 4.78 is 21.0. The first-order valence-corrected chi connectivity index (χ1v) is 23.6. The molecule has 5 aromatic heterocycles. The van der Waals surface area contributed by atoms with Crippen molar-refractivity contribution in [2.24, 2.45) is 0 Å². The van der Waals surface area contributed by atoms with Crippen molar-refractivity contribution in [2.75, 3.05) is 0 Å². The summed E-state index contributed by atoms with van der Waals surface area (Å²) >= 11 is 0. The lowest BCUT2D eigenvalue weighted by Crippen LogP contribution is -2.07. The van der Waals surface area contributed by atoms with Gasteiger partial charge in [-0.05, 0) is 73.1 Å². The third-order valence-corrected chi connectivity index (χ3v) is 12.2. The number of benzene rings is 5. The first-order valence-electron chi connectivity index (χ1n) is 23.6. The molecule has 70 heavy (non-hydrogen) atoms. The normalized spacial score (nSPS) is 12.2. The summed E-state index contributed by atoms with van der Waals surface area (Å²) in [6, 6.07) is 51.2. The molecule has 0 amide bonds. The number of nitrogens with zero attached hydrogens (tertiary/aromatic N) is 6. The Morgan fingerprint density at radius 1 is 0.529 bits per heavy atom. The van der Waals surface area contributed by atoms with Gasteiger partial charge in [-0.1, -0.05) is 139 Å². The summed E-state index contributed by atoms with van der Waals surface area (Å²) in [5.74, 6) is 2.36. The maximum absolute atomic E-state index is 12.1. The molecular formula is C59H52N6O5. The number of esters is 2. The van der Waals surface area contributed by atoms with Gasteiger partial charge < -0.3 is 13.9 Å². The van der Waals surface area contributed by atoms with Crippen LogP contribution >= 0.6 is 0 Å². The lowest BCUT2D eigenvalue weighted by molar-refractivity contribution is -0.133. The molecule has 1 aliphatic rings. The smallest absolute Gasteiger partial charge is 0.309 e. The quantitative estimate of drug-likeness (QED) is 0.104. The number of aryl methyl sites for hydroxylation is 2. The van der Waals surface area contributed by atoms with E-state index in [1.54, 1.807) is 0 Å². The lowest BCUT2D eigenvalue weighted by atomic mass is 10.1. The summed E-state index contributed by atoms with van der Waals surface area (Å²) in [6.07, 6.45) is 8.57. The molecule has 0 aliphatic heterocycles. The van der Waals surface area contributed by atoms with E-state index < -0.39 is 5.97 Å². The average molecular weight is 925 g/mol. The Morgan fingerprint density at radius 3 is 1.51 bits per heavy atom. The number of furan rings is 1. The van der Waals surface area contributed by atoms with Crippen molar-refractivity contribution < 1.29 is 23.5 Å². The Bertz CT molecular complexity index is 3470. The van der Waals surface area contributed by atoms with Crippen LogP contribution in [0.5, 0.6) is 11.8 Å². The van der Waals surface area contributed by atoms with Gasteiger partial charge in [0, 0.05) is 56.6 Å². The van der Waals surface area contributed by atoms with E-state index in [0.29, 0.717) is 60.3 Å². The maximum Gasteiger partial charge on any atom is 0.309 e. The molecule has 1 saturated carbocycles. The van der Waals surface area contributed by atoms with Gasteiger partial charge in [0.2, 0.25) is 11.8 Å². The highest BCUT2D eigenvalue weighted by atomic mass is 16.5. The molecule has 0 radical (unpaired) electrons. The van der Waals surface area contributed by atoms with Gasteiger partial charge in [0.25, 0.3) is 0 Å². The van der Waals surface area contributed by atoms with Gasteiger partial charge >= 0.3 is 11.9 Å². The van der Waals surface area contributed by atoms with E-state index in [1.165, 1.54) is 32.3 Å². The molecule has 11 rings (SSSR count). The van der Waals surface area contributed by atoms with E-state index >= 15 is 0 Å². The summed E-state index contributed by atoms with van der Waals surface area (Å²) in [5.41, 5.74) is 13.9. The fourth-order valence-electron chi connectivity index (χ4n) is 8.76. The molecule has 5 aromatic carbocycles. The number of imidazole rings is 2. The molecule has 11 nitrogen and oxygen atoms in total. The van der Waals surface area contributed by atoms with Gasteiger partial charge in [-0.25, -0.2) is 19.9 Å². The molecule has 1 aliphatic carbocycles. The van der Waals surface area contributed by atoms with Crippen LogP contribution in [-0.2, 0) is 35.3 Å². The van der Waals surface area contributed by atoms with Gasteiger partial charge in [0.1, 0.15) is 22.9 Å². The molecule has 0 atom stereocenters. The number of rotatable bonds is 13. The Morgan fingerprint density at radius 2 is 1.01 bits per heavy atom. The first-order chi connectivity index (χ1) is 34.1. The second kappa shape index (κ2) is 20.0. The molecule has 11 heteroatoms. The summed E-state index contributed by atoms with van der Waals surface area (Å²) in [4.78, 5) is 44.1. The minimum absolute atomic E-state index is 0.371. The van der Waals surface area contributed by atoms with E-state index in [-0.39, 0.29) is 5.97 Å². The van der Waals surface area contributed by atoms with E-state index in [1.807, 2.05) is 119 Å². The monoisotopic (exact) mass is 924 g/mol. The molecule has 0 bridgehead atoms. The molecule has 10 aromatic rings. The second-order valence-corrected chi connectivity index (χ2v) is 17.9. The second-order valence-electron chi connectivity index (χ2n) is 17.9. The zero-order chi connectivity index (χ0) is 48.1. The minimum atomic E-state index is -0.405. The Kier molecular flexibility index (Phi) is 13.0. The van der Waals surface area contributed by atoms with Crippen molar-refractivity contribution in [3.63, 3.8) is 0 Å². The van der Waals surface area contributed by atoms with Gasteiger partial charge in [-0.3, -0.25) is 18.4 Å². The van der Waals surface area contributed by atoms with Crippen LogP contribution in [0.3, 0.4) is 0 Å². The molecule has 0 N–H and O–H groups in total. The number of carbonyl (C=O) groups excluding carboxylic acids is 2. The highest BCUT2D eigenvalue weighted by Crippen LogP contribution is 2.40. The van der Waals surface area contributed by atoms with Crippen LogP contribution in [0.1, 0.15) is 94.7 Å². The van der Waals surface area contributed by atoms with Crippen LogP contribution in [-0.4, -0.2) is 40.7 Å². The number of aromatic nitrogens is 6. The number of fused-ring (bicyclic) bond motifs is 2. The van der Waals surface area contributed by atoms with Crippen LogP contribution in [0.25, 0.3) is 33.8 Å². The Hall–Kier alpha value is -8.44. The van der Waals surface area contributed by atoms with Crippen LogP contribution in [0, 0.1) is 13.8 Å². The van der Waals surface area contributed by atoms with E-state index in [2.05, 4.69) is 67.6 Å². The average Bonchev–Trinajstić information content (AvgIpc) is 3.94.